The number of amides is 1. The van der Waals surface area contributed by atoms with Crippen molar-refractivity contribution in [3.05, 3.63) is 23.8 Å². The molecule has 1 atom stereocenters. The molecule has 1 heterocycles. The Labute approximate surface area is 125 Å². The molecule has 21 heavy (non-hydrogen) atoms. The summed E-state index contributed by atoms with van der Waals surface area (Å²) in [5.74, 6) is 1.29. The Balaban J connectivity index is 2.22. The van der Waals surface area contributed by atoms with E-state index in [4.69, 9.17) is 9.47 Å². The van der Waals surface area contributed by atoms with Crippen LogP contribution in [0.4, 0.5) is 0 Å². The maximum Gasteiger partial charge on any atom is 0.241 e. The molecule has 5 nitrogen and oxygen atoms in total. The lowest BCUT2D eigenvalue weighted by atomic mass is 9.95. The van der Waals surface area contributed by atoms with Gasteiger partial charge < -0.3 is 9.47 Å². The standard InChI is InChI=1S/C16H22N2O3/c1-16(2,3)10-21-14-7-11(5-6-13(14)20-4)12-8-15(19)18-17-9-12/h5-7,9,12H,8,10H2,1-4H3,(H,18,19). The number of carbonyl (C=O) groups excluding carboxylic acids is 1. The number of nitrogens with one attached hydrogen (secondary N) is 1. The number of ether oxygens (including phenoxy) is 2. The van der Waals surface area contributed by atoms with Crippen molar-refractivity contribution < 1.29 is 14.3 Å². The van der Waals surface area contributed by atoms with Crippen LogP contribution in [0.15, 0.2) is 23.3 Å². The molecule has 0 saturated carbocycles. The van der Waals surface area contributed by atoms with Crippen LogP contribution in [-0.4, -0.2) is 25.8 Å². The molecule has 1 aliphatic heterocycles. The van der Waals surface area contributed by atoms with Crippen LogP contribution >= 0.6 is 0 Å². The maximum atomic E-state index is 11.4. The molecule has 2 rings (SSSR count). The average molecular weight is 290 g/mol. The first-order valence-electron chi connectivity index (χ1n) is 7.02. The zero-order valence-electron chi connectivity index (χ0n) is 13.0. The number of hydrogen-bond donors (Lipinski definition) is 1. The summed E-state index contributed by atoms with van der Waals surface area (Å²) in [6.45, 7) is 6.93. The van der Waals surface area contributed by atoms with E-state index < -0.39 is 0 Å². The fourth-order valence-electron chi connectivity index (χ4n) is 2.03. The second-order valence-corrected chi connectivity index (χ2v) is 6.38. The van der Waals surface area contributed by atoms with Crippen molar-refractivity contribution in [1.82, 2.24) is 5.43 Å². The molecule has 0 radical (unpaired) electrons. The van der Waals surface area contributed by atoms with Crippen LogP contribution in [0.5, 0.6) is 11.5 Å². The summed E-state index contributed by atoms with van der Waals surface area (Å²) >= 11 is 0. The largest absolute Gasteiger partial charge is 0.493 e. The highest BCUT2D eigenvalue weighted by Crippen LogP contribution is 2.33. The molecule has 1 aromatic carbocycles. The number of hydrazone groups is 1. The van der Waals surface area contributed by atoms with Gasteiger partial charge in [0.2, 0.25) is 5.91 Å². The molecule has 0 saturated heterocycles. The van der Waals surface area contributed by atoms with Gasteiger partial charge in [-0.15, -0.1) is 0 Å². The average Bonchev–Trinajstić information content (AvgIpc) is 2.44. The van der Waals surface area contributed by atoms with Gasteiger partial charge in [0, 0.05) is 18.6 Å². The van der Waals surface area contributed by atoms with Crippen LogP contribution in [0.2, 0.25) is 0 Å². The lowest BCUT2D eigenvalue weighted by Gasteiger charge is -2.22. The molecule has 1 N–H and O–H groups in total. The van der Waals surface area contributed by atoms with Crippen molar-refractivity contribution in [2.45, 2.75) is 33.1 Å². The molecule has 114 valence electrons. The second kappa shape index (κ2) is 6.16. The summed E-state index contributed by atoms with van der Waals surface area (Å²) in [5, 5.41) is 3.88. The zero-order valence-corrected chi connectivity index (χ0v) is 13.0. The smallest absolute Gasteiger partial charge is 0.241 e. The number of methoxy groups -OCH3 is 1. The number of carbonyl (C=O) groups is 1. The van der Waals surface area contributed by atoms with Crippen LogP contribution in [0.3, 0.4) is 0 Å². The van der Waals surface area contributed by atoms with Crippen molar-refractivity contribution in [3.8, 4) is 11.5 Å². The second-order valence-electron chi connectivity index (χ2n) is 6.38. The van der Waals surface area contributed by atoms with E-state index in [0.717, 1.165) is 5.56 Å². The normalized spacial score (nSPS) is 18.3. The van der Waals surface area contributed by atoms with Gasteiger partial charge in [0.25, 0.3) is 0 Å². The Hall–Kier alpha value is -2.04. The van der Waals surface area contributed by atoms with Gasteiger partial charge in [-0.25, -0.2) is 5.43 Å². The van der Waals surface area contributed by atoms with E-state index in [1.807, 2.05) is 18.2 Å². The molecular weight excluding hydrogens is 268 g/mol. The molecule has 0 aromatic heterocycles. The van der Waals surface area contributed by atoms with Gasteiger partial charge in [0.15, 0.2) is 11.5 Å². The van der Waals surface area contributed by atoms with Crippen molar-refractivity contribution in [2.75, 3.05) is 13.7 Å². The molecule has 5 heteroatoms. The molecule has 1 aromatic rings. The number of hydrogen-bond acceptors (Lipinski definition) is 4. The van der Waals surface area contributed by atoms with E-state index in [1.54, 1.807) is 13.3 Å². The molecule has 0 fully saturated rings. The minimum absolute atomic E-state index is 0.0263. The lowest BCUT2D eigenvalue weighted by Crippen LogP contribution is -2.26. The third kappa shape index (κ3) is 4.21. The number of rotatable bonds is 4. The summed E-state index contributed by atoms with van der Waals surface area (Å²) in [7, 11) is 1.62. The van der Waals surface area contributed by atoms with E-state index in [9.17, 15) is 4.79 Å². The van der Waals surface area contributed by atoms with E-state index in [2.05, 4.69) is 31.3 Å². The third-order valence-electron chi connectivity index (χ3n) is 3.13. The van der Waals surface area contributed by atoms with E-state index in [1.165, 1.54) is 0 Å². The van der Waals surface area contributed by atoms with Gasteiger partial charge in [0.1, 0.15) is 0 Å². The summed E-state index contributed by atoms with van der Waals surface area (Å²) in [4.78, 5) is 11.4. The quantitative estimate of drug-likeness (QED) is 0.927. The Kier molecular flexibility index (Phi) is 4.50. The van der Waals surface area contributed by atoms with Crippen molar-refractivity contribution in [3.63, 3.8) is 0 Å². The third-order valence-corrected chi connectivity index (χ3v) is 3.13. The Morgan fingerprint density at radius 1 is 1.33 bits per heavy atom. The SMILES string of the molecule is COc1ccc(C2C=NNC(=O)C2)cc1OCC(C)(C)C. The number of nitrogens with zero attached hydrogens (tertiary/aromatic N) is 1. The first-order chi connectivity index (χ1) is 9.89. The predicted octanol–water partition coefficient (Wildman–Crippen LogP) is 2.71. The molecule has 1 unspecified atom stereocenters. The molecular formula is C16H22N2O3. The molecule has 0 aliphatic carbocycles. The van der Waals surface area contributed by atoms with Gasteiger partial charge in [-0.3, -0.25) is 4.79 Å². The topological polar surface area (TPSA) is 59.9 Å². The van der Waals surface area contributed by atoms with Crippen LogP contribution < -0.4 is 14.9 Å². The van der Waals surface area contributed by atoms with E-state index >= 15 is 0 Å². The molecule has 0 spiro atoms. The monoisotopic (exact) mass is 290 g/mol. The Morgan fingerprint density at radius 3 is 2.71 bits per heavy atom. The van der Waals surface area contributed by atoms with Crippen LogP contribution in [0.25, 0.3) is 0 Å². The maximum absolute atomic E-state index is 11.4. The zero-order chi connectivity index (χ0) is 15.5. The fourth-order valence-corrected chi connectivity index (χ4v) is 2.03. The highest BCUT2D eigenvalue weighted by molar-refractivity contribution is 5.86. The van der Waals surface area contributed by atoms with Gasteiger partial charge in [-0.2, -0.15) is 5.10 Å². The minimum Gasteiger partial charge on any atom is -0.493 e. The van der Waals surface area contributed by atoms with Crippen LogP contribution in [-0.2, 0) is 4.79 Å². The minimum atomic E-state index is -0.0736. The molecule has 1 amide bonds. The first-order valence-corrected chi connectivity index (χ1v) is 7.02. The Morgan fingerprint density at radius 2 is 2.10 bits per heavy atom. The van der Waals surface area contributed by atoms with Crippen LogP contribution in [0.1, 0.15) is 38.7 Å². The van der Waals surface area contributed by atoms with Gasteiger partial charge >= 0.3 is 0 Å². The highest BCUT2D eigenvalue weighted by Gasteiger charge is 2.20. The van der Waals surface area contributed by atoms with Gasteiger partial charge in [-0.05, 0) is 23.1 Å². The highest BCUT2D eigenvalue weighted by atomic mass is 16.5. The van der Waals surface area contributed by atoms with Crippen LogP contribution in [0, 0.1) is 5.41 Å². The Bertz CT molecular complexity index is 547. The van der Waals surface area contributed by atoms with Crippen molar-refractivity contribution in [1.29, 1.82) is 0 Å². The summed E-state index contributed by atoms with van der Waals surface area (Å²) in [6, 6.07) is 5.74. The summed E-state index contributed by atoms with van der Waals surface area (Å²) in [6.07, 6.45) is 2.14. The molecule has 0 bridgehead atoms. The van der Waals surface area contributed by atoms with E-state index in [-0.39, 0.29) is 17.2 Å². The lowest BCUT2D eigenvalue weighted by molar-refractivity contribution is -0.121. The summed E-state index contributed by atoms with van der Waals surface area (Å²) < 4.78 is 11.2. The summed E-state index contributed by atoms with van der Waals surface area (Å²) in [5.41, 5.74) is 3.50. The number of benzene rings is 1. The fraction of sp³-hybridized carbons (Fsp3) is 0.500. The molecule has 1 aliphatic rings. The first kappa shape index (κ1) is 15.4. The van der Waals surface area contributed by atoms with Crippen molar-refractivity contribution >= 4 is 12.1 Å². The van der Waals surface area contributed by atoms with Gasteiger partial charge in [-0.1, -0.05) is 26.8 Å². The van der Waals surface area contributed by atoms with Gasteiger partial charge in [0.05, 0.1) is 13.7 Å². The van der Waals surface area contributed by atoms with E-state index in [0.29, 0.717) is 24.5 Å². The van der Waals surface area contributed by atoms with Crippen molar-refractivity contribution in [2.24, 2.45) is 10.5 Å². The predicted molar refractivity (Wildman–Crippen MR) is 81.9 cm³/mol.